The van der Waals surface area contributed by atoms with Crippen molar-refractivity contribution in [1.82, 2.24) is 9.62 Å². The molecule has 4 rings (SSSR count). The quantitative estimate of drug-likeness (QED) is 0.682. The predicted molar refractivity (Wildman–Crippen MR) is 121 cm³/mol. The zero-order valence-corrected chi connectivity index (χ0v) is 19.3. The van der Waals surface area contributed by atoms with E-state index in [1.54, 1.807) is 18.4 Å². The van der Waals surface area contributed by atoms with Crippen molar-refractivity contribution < 1.29 is 22.4 Å². The topological polar surface area (TPSA) is 92.1 Å². The molecule has 2 saturated heterocycles. The second kappa shape index (κ2) is 10.1. The Hall–Kier alpha value is -2.36. The van der Waals surface area contributed by atoms with Crippen LogP contribution in [-0.2, 0) is 21.2 Å². The van der Waals surface area contributed by atoms with Crippen LogP contribution in [0, 0.1) is 0 Å². The molecule has 0 bridgehead atoms. The van der Waals surface area contributed by atoms with Gasteiger partial charge in [-0.1, -0.05) is 6.42 Å². The second-order valence-electron chi connectivity index (χ2n) is 8.40. The molecular weight excluding hydrogens is 430 g/mol. The highest BCUT2D eigenvalue weighted by Gasteiger charge is 2.29. The highest BCUT2D eigenvalue weighted by molar-refractivity contribution is 7.89. The number of carbonyl (C=O) groups is 1. The van der Waals surface area contributed by atoms with Crippen molar-refractivity contribution in [3.63, 3.8) is 0 Å². The maximum atomic E-state index is 13.3. The van der Waals surface area contributed by atoms with E-state index in [0.29, 0.717) is 51.4 Å². The zero-order chi connectivity index (χ0) is 22.6. The summed E-state index contributed by atoms with van der Waals surface area (Å²) in [6, 6.07) is 8.42. The summed E-state index contributed by atoms with van der Waals surface area (Å²) in [5.41, 5.74) is 1.10. The molecule has 1 N–H and O–H groups in total. The maximum absolute atomic E-state index is 13.3. The van der Waals surface area contributed by atoms with Crippen LogP contribution in [0.15, 0.2) is 45.9 Å². The number of ether oxygens (including phenoxy) is 1. The van der Waals surface area contributed by atoms with Gasteiger partial charge in [-0.25, -0.2) is 8.42 Å². The predicted octanol–water partition coefficient (Wildman–Crippen LogP) is 2.65. The van der Waals surface area contributed by atoms with Gasteiger partial charge in [0.25, 0.3) is 5.91 Å². The van der Waals surface area contributed by atoms with Crippen LogP contribution in [0.1, 0.15) is 42.3 Å². The van der Waals surface area contributed by atoms with E-state index in [1.807, 2.05) is 19.1 Å². The molecule has 8 nitrogen and oxygen atoms in total. The monoisotopic (exact) mass is 461 g/mol. The minimum absolute atomic E-state index is 0.167. The summed E-state index contributed by atoms with van der Waals surface area (Å²) in [5.74, 6) is 0.494. The molecule has 2 aromatic rings. The van der Waals surface area contributed by atoms with Gasteiger partial charge >= 0.3 is 0 Å². The van der Waals surface area contributed by atoms with E-state index in [9.17, 15) is 13.2 Å². The molecular formula is C23H31N3O5S. The normalized spacial score (nSPS) is 19.0. The third-order valence-corrected chi connectivity index (χ3v) is 7.88. The number of benzene rings is 1. The van der Waals surface area contributed by atoms with E-state index in [0.717, 1.165) is 30.7 Å². The van der Waals surface area contributed by atoms with Gasteiger partial charge in [-0.05, 0) is 50.1 Å². The van der Waals surface area contributed by atoms with Crippen molar-refractivity contribution in [2.75, 3.05) is 44.3 Å². The highest BCUT2D eigenvalue weighted by atomic mass is 32.2. The number of carbonyl (C=O) groups excluding carboxylic acids is 1. The number of piperidine rings is 1. The van der Waals surface area contributed by atoms with Gasteiger partial charge in [0.15, 0.2) is 0 Å². The smallest absolute Gasteiger partial charge is 0.253 e. The fourth-order valence-electron chi connectivity index (χ4n) is 4.27. The maximum Gasteiger partial charge on any atom is 0.253 e. The summed E-state index contributed by atoms with van der Waals surface area (Å²) in [6.07, 6.45) is 4.93. The minimum Gasteiger partial charge on any atom is -0.469 e. The van der Waals surface area contributed by atoms with Crippen molar-refractivity contribution in [1.29, 1.82) is 0 Å². The first-order chi connectivity index (χ1) is 15.4. The molecule has 1 amide bonds. The van der Waals surface area contributed by atoms with Gasteiger partial charge in [-0.2, -0.15) is 4.31 Å². The molecule has 3 heterocycles. The van der Waals surface area contributed by atoms with Crippen molar-refractivity contribution in [2.45, 2.75) is 43.5 Å². The van der Waals surface area contributed by atoms with E-state index in [1.165, 1.54) is 10.4 Å². The molecule has 0 spiro atoms. The Morgan fingerprint density at radius 3 is 2.53 bits per heavy atom. The minimum atomic E-state index is -3.64. The molecule has 0 saturated carbocycles. The van der Waals surface area contributed by atoms with Gasteiger partial charge in [-0.15, -0.1) is 0 Å². The largest absolute Gasteiger partial charge is 0.469 e. The van der Waals surface area contributed by atoms with Crippen LogP contribution in [-0.4, -0.2) is 64.1 Å². The lowest BCUT2D eigenvalue weighted by Gasteiger charge is -2.31. The molecule has 9 heteroatoms. The SMILES string of the molecule is CC(Cc1ccco1)NC(=O)c1cc(S(=O)(=O)N2CCCCC2)ccc1N1CCOCC1. The van der Waals surface area contributed by atoms with Crippen molar-refractivity contribution >= 4 is 21.6 Å². The van der Waals surface area contributed by atoms with Gasteiger partial charge < -0.3 is 19.4 Å². The van der Waals surface area contributed by atoms with Crippen molar-refractivity contribution in [3.05, 3.63) is 47.9 Å². The van der Waals surface area contributed by atoms with Crippen LogP contribution >= 0.6 is 0 Å². The van der Waals surface area contributed by atoms with Crippen molar-refractivity contribution in [3.8, 4) is 0 Å². The van der Waals surface area contributed by atoms with Crippen LogP contribution in [0.2, 0.25) is 0 Å². The second-order valence-corrected chi connectivity index (χ2v) is 10.3. The number of morpholine rings is 1. The molecule has 1 unspecified atom stereocenters. The van der Waals surface area contributed by atoms with E-state index >= 15 is 0 Å². The van der Waals surface area contributed by atoms with Crippen LogP contribution in [0.25, 0.3) is 0 Å². The summed E-state index contributed by atoms with van der Waals surface area (Å²) >= 11 is 0. The average Bonchev–Trinajstić information content (AvgIpc) is 3.32. The van der Waals surface area contributed by atoms with Gasteiger partial charge in [0.2, 0.25) is 10.0 Å². The molecule has 32 heavy (non-hydrogen) atoms. The lowest BCUT2D eigenvalue weighted by atomic mass is 10.1. The third-order valence-electron chi connectivity index (χ3n) is 5.98. The zero-order valence-electron chi connectivity index (χ0n) is 18.5. The summed E-state index contributed by atoms with van der Waals surface area (Å²) in [4.78, 5) is 15.5. The number of furan rings is 1. The third kappa shape index (κ3) is 5.16. The van der Waals surface area contributed by atoms with E-state index in [2.05, 4.69) is 10.2 Å². The molecule has 0 aliphatic carbocycles. The Balaban J connectivity index is 1.62. The van der Waals surface area contributed by atoms with Gasteiger partial charge in [0.05, 0.1) is 29.9 Å². The van der Waals surface area contributed by atoms with E-state index < -0.39 is 10.0 Å². The first-order valence-corrected chi connectivity index (χ1v) is 12.7. The number of hydrogen-bond acceptors (Lipinski definition) is 6. The Morgan fingerprint density at radius 2 is 1.84 bits per heavy atom. The average molecular weight is 462 g/mol. The van der Waals surface area contributed by atoms with E-state index in [-0.39, 0.29) is 16.8 Å². The number of amides is 1. The molecule has 2 fully saturated rings. The van der Waals surface area contributed by atoms with Crippen LogP contribution in [0.5, 0.6) is 0 Å². The number of hydrogen-bond donors (Lipinski definition) is 1. The number of nitrogens with zero attached hydrogens (tertiary/aromatic N) is 2. The fourth-order valence-corrected chi connectivity index (χ4v) is 5.82. The lowest BCUT2D eigenvalue weighted by molar-refractivity contribution is 0.0937. The summed E-state index contributed by atoms with van der Waals surface area (Å²) in [7, 11) is -3.64. The molecule has 1 aromatic carbocycles. The van der Waals surface area contributed by atoms with Gasteiger partial charge in [0.1, 0.15) is 5.76 Å². The van der Waals surface area contributed by atoms with E-state index in [4.69, 9.17) is 9.15 Å². The summed E-state index contributed by atoms with van der Waals surface area (Å²) in [6.45, 7) is 5.40. The summed E-state index contributed by atoms with van der Waals surface area (Å²) < 4.78 is 38.8. The van der Waals surface area contributed by atoms with Gasteiger partial charge in [-0.3, -0.25) is 4.79 Å². The van der Waals surface area contributed by atoms with Crippen LogP contribution in [0.3, 0.4) is 0 Å². The van der Waals surface area contributed by atoms with Crippen LogP contribution < -0.4 is 10.2 Å². The van der Waals surface area contributed by atoms with Crippen molar-refractivity contribution in [2.24, 2.45) is 0 Å². The van der Waals surface area contributed by atoms with Crippen LogP contribution in [0.4, 0.5) is 5.69 Å². The fraction of sp³-hybridized carbons (Fsp3) is 0.522. The Labute approximate surface area is 189 Å². The lowest BCUT2D eigenvalue weighted by Crippen LogP contribution is -2.40. The number of sulfonamides is 1. The Morgan fingerprint density at radius 1 is 1.09 bits per heavy atom. The Kier molecular flexibility index (Phi) is 7.17. The molecule has 2 aliphatic rings. The molecule has 1 aromatic heterocycles. The standard InChI is InChI=1S/C23H31N3O5S/c1-18(16-19-6-5-13-31-19)24-23(27)21-17-20(32(28,29)26-9-3-2-4-10-26)7-8-22(21)25-11-14-30-15-12-25/h5-8,13,17-18H,2-4,9-12,14-16H2,1H3,(H,24,27). The summed E-state index contributed by atoms with van der Waals surface area (Å²) in [5, 5.41) is 3.01. The highest BCUT2D eigenvalue weighted by Crippen LogP contribution is 2.28. The number of anilines is 1. The number of nitrogens with one attached hydrogen (secondary N) is 1. The first kappa shape index (κ1) is 22.8. The molecule has 2 aliphatic heterocycles. The molecule has 1 atom stereocenters. The molecule has 0 radical (unpaired) electrons. The first-order valence-electron chi connectivity index (χ1n) is 11.3. The van der Waals surface area contributed by atoms with Gasteiger partial charge in [0, 0.05) is 44.3 Å². The Bertz CT molecular complexity index is 1010. The number of rotatable bonds is 7. The molecule has 174 valence electrons.